The van der Waals surface area contributed by atoms with Crippen LogP contribution in [0.25, 0.3) is 0 Å². The Labute approximate surface area is 159 Å². The highest BCUT2D eigenvalue weighted by atomic mass is 32.2. The molecular formula is C18H25N3O5S. The van der Waals surface area contributed by atoms with Gasteiger partial charge in [-0.2, -0.15) is 0 Å². The van der Waals surface area contributed by atoms with Crippen molar-refractivity contribution >= 4 is 27.7 Å². The van der Waals surface area contributed by atoms with Crippen LogP contribution in [-0.2, 0) is 27.8 Å². The number of carbonyl (C=O) groups is 2. The molecule has 0 atom stereocenters. The summed E-state index contributed by atoms with van der Waals surface area (Å²) >= 11 is 0. The lowest BCUT2D eigenvalue weighted by molar-refractivity contribution is -0.142. The second kappa shape index (κ2) is 7.75. The largest absolute Gasteiger partial charge is 0.481 e. The molecule has 3 N–H and O–H groups in total. The molecule has 0 bridgehead atoms. The Hall–Kier alpha value is -2.29. The number of carboxylic acid groups (broad SMARTS) is 1. The van der Waals surface area contributed by atoms with Crippen molar-refractivity contribution in [3.63, 3.8) is 0 Å². The van der Waals surface area contributed by atoms with Crippen LogP contribution in [-0.4, -0.2) is 49.3 Å². The molecule has 2 aliphatic rings. The van der Waals surface area contributed by atoms with Gasteiger partial charge < -0.3 is 15.3 Å². The van der Waals surface area contributed by atoms with Gasteiger partial charge in [-0.1, -0.05) is 12.1 Å². The Morgan fingerprint density at radius 1 is 1.19 bits per heavy atom. The summed E-state index contributed by atoms with van der Waals surface area (Å²) in [5.74, 6) is -1.06. The van der Waals surface area contributed by atoms with Gasteiger partial charge in [-0.15, -0.1) is 0 Å². The quantitative estimate of drug-likeness (QED) is 0.718. The van der Waals surface area contributed by atoms with E-state index >= 15 is 0 Å². The molecule has 1 aromatic carbocycles. The van der Waals surface area contributed by atoms with Gasteiger partial charge in [0.2, 0.25) is 10.0 Å². The van der Waals surface area contributed by atoms with Crippen molar-refractivity contribution in [3.8, 4) is 0 Å². The van der Waals surface area contributed by atoms with Crippen LogP contribution in [0.4, 0.5) is 10.5 Å². The minimum Gasteiger partial charge on any atom is -0.481 e. The number of nitrogens with zero attached hydrogens (tertiary/aromatic N) is 1. The van der Waals surface area contributed by atoms with Crippen LogP contribution in [0.1, 0.15) is 36.8 Å². The van der Waals surface area contributed by atoms with Gasteiger partial charge in [-0.05, 0) is 49.3 Å². The number of nitrogens with one attached hydrogen (secondary N) is 2. The van der Waals surface area contributed by atoms with E-state index in [1.54, 1.807) is 17.0 Å². The van der Waals surface area contributed by atoms with Crippen molar-refractivity contribution < 1.29 is 23.1 Å². The molecule has 1 aliphatic carbocycles. The minimum absolute atomic E-state index is 0.00716. The summed E-state index contributed by atoms with van der Waals surface area (Å²) in [5.41, 5.74) is 2.43. The monoisotopic (exact) mass is 395 g/mol. The van der Waals surface area contributed by atoms with E-state index in [1.165, 1.54) is 0 Å². The number of benzene rings is 1. The molecule has 2 amide bonds. The first-order chi connectivity index (χ1) is 12.7. The second-order valence-corrected chi connectivity index (χ2v) is 9.07. The SMILES string of the molecule is CS(=O)(=O)Nc1cccc2c1CCN(C(=O)NC1CCC(C(=O)O)CC1)C2. The molecule has 0 aromatic heterocycles. The normalized spacial score (nSPS) is 22.6. The number of carboxylic acids is 1. The van der Waals surface area contributed by atoms with Crippen LogP contribution in [0.5, 0.6) is 0 Å². The van der Waals surface area contributed by atoms with E-state index in [4.69, 9.17) is 5.11 Å². The molecule has 1 fully saturated rings. The summed E-state index contributed by atoms with van der Waals surface area (Å²) in [5, 5.41) is 12.1. The van der Waals surface area contributed by atoms with E-state index in [9.17, 15) is 18.0 Å². The van der Waals surface area contributed by atoms with Crippen molar-refractivity contribution in [2.24, 2.45) is 5.92 Å². The Balaban J connectivity index is 1.60. The molecule has 1 heterocycles. The maximum absolute atomic E-state index is 12.6. The molecule has 8 nitrogen and oxygen atoms in total. The lowest BCUT2D eigenvalue weighted by Crippen LogP contribution is -2.47. The maximum atomic E-state index is 12.6. The zero-order valence-electron chi connectivity index (χ0n) is 15.3. The third-order valence-corrected chi connectivity index (χ3v) is 5.84. The summed E-state index contributed by atoms with van der Waals surface area (Å²) < 4.78 is 25.6. The van der Waals surface area contributed by atoms with Crippen LogP contribution in [0.3, 0.4) is 0 Å². The van der Waals surface area contributed by atoms with Crippen molar-refractivity contribution in [3.05, 3.63) is 29.3 Å². The van der Waals surface area contributed by atoms with Crippen LogP contribution < -0.4 is 10.0 Å². The third-order valence-electron chi connectivity index (χ3n) is 5.25. The van der Waals surface area contributed by atoms with Crippen molar-refractivity contribution in [1.29, 1.82) is 0 Å². The Morgan fingerprint density at radius 2 is 1.89 bits per heavy atom. The highest BCUT2D eigenvalue weighted by molar-refractivity contribution is 7.92. The lowest BCUT2D eigenvalue weighted by Gasteiger charge is -2.33. The summed E-state index contributed by atoms with van der Waals surface area (Å²) in [6, 6.07) is 5.27. The molecular weight excluding hydrogens is 370 g/mol. The molecule has 27 heavy (non-hydrogen) atoms. The van der Waals surface area contributed by atoms with Gasteiger partial charge in [0, 0.05) is 19.1 Å². The average Bonchev–Trinajstić information content (AvgIpc) is 2.60. The zero-order chi connectivity index (χ0) is 19.6. The Morgan fingerprint density at radius 3 is 2.52 bits per heavy atom. The number of sulfonamides is 1. The lowest BCUT2D eigenvalue weighted by atomic mass is 9.86. The summed E-state index contributed by atoms with van der Waals surface area (Å²) in [7, 11) is -3.36. The molecule has 0 saturated heterocycles. The van der Waals surface area contributed by atoms with Crippen LogP contribution in [0.15, 0.2) is 18.2 Å². The number of anilines is 1. The molecule has 0 radical (unpaired) electrons. The van der Waals surface area contributed by atoms with Crippen LogP contribution >= 0.6 is 0 Å². The van der Waals surface area contributed by atoms with Crippen molar-refractivity contribution in [2.75, 3.05) is 17.5 Å². The number of hydrogen-bond donors (Lipinski definition) is 3. The highest BCUT2D eigenvalue weighted by Crippen LogP contribution is 2.28. The first kappa shape index (κ1) is 19.5. The van der Waals surface area contributed by atoms with Crippen LogP contribution in [0.2, 0.25) is 0 Å². The fourth-order valence-corrected chi connectivity index (χ4v) is 4.42. The number of hydrogen-bond acceptors (Lipinski definition) is 4. The smallest absolute Gasteiger partial charge is 0.317 e. The van der Waals surface area contributed by atoms with Gasteiger partial charge >= 0.3 is 12.0 Å². The number of fused-ring (bicyclic) bond motifs is 1. The molecule has 148 valence electrons. The number of amides is 2. The van der Waals surface area contributed by atoms with Crippen molar-refractivity contribution in [2.45, 2.75) is 44.7 Å². The molecule has 0 spiro atoms. The number of urea groups is 1. The van der Waals surface area contributed by atoms with E-state index in [0.29, 0.717) is 50.9 Å². The molecule has 1 saturated carbocycles. The Bertz CT molecular complexity index is 831. The van der Waals surface area contributed by atoms with Gasteiger partial charge in [0.25, 0.3) is 0 Å². The zero-order valence-corrected chi connectivity index (χ0v) is 16.1. The van der Waals surface area contributed by atoms with Gasteiger partial charge in [-0.25, -0.2) is 13.2 Å². The first-order valence-corrected chi connectivity index (χ1v) is 11.0. The maximum Gasteiger partial charge on any atom is 0.317 e. The van der Waals surface area contributed by atoms with E-state index in [1.807, 2.05) is 6.07 Å². The third kappa shape index (κ3) is 4.91. The summed E-state index contributed by atoms with van der Waals surface area (Å²) in [4.78, 5) is 25.3. The van der Waals surface area contributed by atoms with Crippen molar-refractivity contribution in [1.82, 2.24) is 10.2 Å². The standard InChI is InChI=1S/C18H25N3O5S/c1-27(25,26)20-16-4-2-3-13-11-21(10-9-15(13)16)18(24)19-14-7-5-12(6-8-14)17(22)23/h2-4,12,14,20H,5-11H2,1H3,(H,19,24)(H,22,23). The number of rotatable bonds is 4. The fraction of sp³-hybridized carbons (Fsp3) is 0.556. The molecule has 0 unspecified atom stereocenters. The molecule has 1 aromatic rings. The van der Waals surface area contributed by atoms with Gasteiger partial charge in [0.05, 0.1) is 17.9 Å². The average molecular weight is 395 g/mol. The van der Waals surface area contributed by atoms with E-state index < -0.39 is 16.0 Å². The molecule has 9 heteroatoms. The minimum atomic E-state index is -3.36. The van der Waals surface area contributed by atoms with E-state index in [-0.39, 0.29) is 18.0 Å². The Kier molecular flexibility index (Phi) is 5.59. The van der Waals surface area contributed by atoms with E-state index in [0.717, 1.165) is 17.4 Å². The summed E-state index contributed by atoms with van der Waals surface area (Å²) in [6.45, 7) is 0.927. The molecule has 3 rings (SSSR count). The van der Waals surface area contributed by atoms with E-state index in [2.05, 4.69) is 10.0 Å². The number of aliphatic carboxylic acids is 1. The van der Waals surface area contributed by atoms with Gasteiger partial charge in [0.15, 0.2) is 0 Å². The summed E-state index contributed by atoms with van der Waals surface area (Å²) in [6.07, 6.45) is 4.22. The predicted molar refractivity (Wildman–Crippen MR) is 101 cm³/mol. The highest BCUT2D eigenvalue weighted by Gasteiger charge is 2.29. The number of carbonyl (C=O) groups excluding carboxylic acids is 1. The first-order valence-electron chi connectivity index (χ1n) is 9.10. The van der Waals surface area contributed by atoms with Gasteiger partial charge in [0.1, 0.15) is 0 Å². The van der Waals surface area contributed by atoms with Crippen LogP contribution in [0, 0.1) is 5.92 Å². The van der Waals surface area contributed by atoms with Gasteiger partial charge in [-0.3, -0.25) is 9.52 Å². The fourth-order valence-electron chi connectivity index (χ4n) is 3.83. The molecule has 1 aliphatic heterocycles. The topological polar surface area (TPSA) is 116 Å². The second-order valence-electron chi connectivity index (χ2n) is 7.33. The predicted octanol–water partition coefficient (Wildman–Crippen LogP) is 1.77.